The fourth-order valence-corrected chi connectivity index (χ4v) is 8.55. The van der Waals surface area contributed by atoms with Gasteiger partial charge < -0.3 is 0 Å². The standard InChI is InChI=1S/C45H35N3S/c1-44(2)37-22-19-30(28-13-7-5-8-14-28)25-34(37)35-26-31(20-23-38(35)45(44,3)4)42-46-41(29-15-9-6-10-16-29)47-43(48-42)32-21-24-40-36(27-32)33-17-11-12-18-39(33)49-40/h5-27H,1-4H3. The third-order valence-corrected chi connectivity index (χ3v) is 12.1. The Morgan fingerprint density at radius 2 is 0.857 bits per heavy atom. The van der Waals surface area contributed by atoms with Gasteiger partial charge in [-0.05, 0) is 80.6 Å². The van der Waals surface area contributed by atoms with Crippen molar-refractivity contribution >= 4 is 31.5 Å². The molecule has 236 valence electrons. The van der Waals surface area contributed by atoms with E-state index < -0.39 is 0 Å². The molecule has 9 rings (SSSR count). The van der Waals surface area contributed by atoms with Crippen LogP contribution in [0.2, 0.25) is 0 Å². The van der Waals surface area contributed by atoms with Gasteiger partial charge in [-0.25, -0.2) is 15.0 Å². The molecule has 2 aromatic heterocycles. The molecule has 0 spiro atoms. The normalized spacial score (nSPS) is 14.4. The van der Waals surface area contributed by atoms with Gasteiger partial charge in [0.15, 0.2) is 17.5 Å². The average molecular weight is 650 g/mol. The van der Waals surface area contributed by atoms with E-state index in [-0.39, 0.29) is 10.8 Å². The molecule has 1 aliphatic rings. The molecule has 1 aliphatic carbocycles. The maximum atomic E-state index is 5.19. The molecular weight excluding hydrogens is 615 g/mol. The minimum atomic E-state index is -0.0969. The number of hydrogen-bond acceptors (Lipinski definition) is 4. The van der Waals surface area contributed by atoms with Gasteiger partial charge in [-0.3, -0.25) is 0 Å². The van der Waals surface area contributed by atoms with Crippen molar-refractivity contribution in [2.24, 2.45) is 0 Å². The lowest BCUT2D eigenvalue weighted by Crippen LogP contribution is -2.43. The van der Waals surface area contributed by atoms with E-state index in [0.717, 1.165) is 16.7 Å². The van der Waals surface area contributed by atoms with Gasteiger partial charge in [0.2, 0.25) is 0 Å². The van der Waals surface area contributed by atoms with Crippen molar-refractivity contribution in [1.29, 1.82) is 0 Å². The van der Waals surface area contributed by atoms with Crippen molar-refractivity contribution in [1.82, 2.24) is 15.0 Å². The van der Waals surface area contributed by atoms with Crippen LogP contribution in [0.15, 0.2) is 140 Å². The van der Waals surface area contributed by atoms with Gasteiger partial charge in [-0.15, -0.1) is 11.3 Å². The molecule has 8 aromatic rings. The number of rotatable bonds is 4. The SMILES string of the molecule is CC1(C)c2ccc(-c3ccccc3)cc2-c2cc(-c3nc(-c4ccccc4)nc(-c4ccc5sc6ccccc6c5c4)n3)ccc2C1(C)C. The van der Waals surface area contributed by atoms with Gasteiger partial charge in [0, 0.05) is 36.9 Å². The first-order valence-electron chi connectivity index (χ1n) is 16.9. The van der Waals surface area contributed by atoms with Gasteiger partial charge >= 0.3 is 0 Å². The summed E-state index contributed by atoms with van der Waals surface area (Å²) in [6.45, 7) is 9.50. The summed E-state index contributed by atoms with van der Waals surface area (Å²) in [5.74, 6) is 2.01. The van der Waals surface area contributed by atoms with Gasteiger partial charge in [0.05, 0.1) is 0 Å². The largest absolute Gasteiger partial charge is 0.208 e. The second-order valence-corrected chi connectivity index (χ2v) is 15.2. The van der Waals surface area contributed by atoms with Crippen LogP contribution in [0.25, 0.3) is 76.6 Å². The predicted octanol–water partition coefficient (Wildman–Crippen LogP) is 12.1. The maximum Gasteiger partial charge on any atom is 0.164 e. The Kier molecular flexibility index (Phi) is 6.69. The first-order valence-corrected chi connectivity index (χ1v) is 17.7. The average Bonchev–Trinajstić information content (AvgIpc) is 3.52. The van der Waals surface area contributed by atoms with Crippen LogP contribution >= 0.6 is 11.3 Å². The summed E-state index contributed by atoms with van der Waals surface area (Å²) in [7, 11) is 0. The highest BCUT2D eigenvalue weighted by Crippen LogP contribution is 2.55. The summed E-state index contributed by atoms with van der Waals surface area (Å²) in [6, 6.07) is 49.9. The first kappa shape index (κ1) is 29.7. The van der Waals surface area contributed by atoms with Crippen LogP contribution in [-0.2, 0) is 10.8 Å². The molecule has 0 unspecified atom stereocenters. The Morgan fingerprint density at radius 3 is 1.51 bits per heavy atom. The van der Waals surface area contributed by atoms with Crippen molar-refractivity contribution in [3.8, 4) is 56.4 Å². The van der Waals surface area contributed by atoms with Gasteiger partial charge in [0.1, 0.15) is 0 Å². The second-order valence-electron chi connectivity index (χ2n) is 14.1. The lowest BCUT2D eigenvalue weighted by Gasteiger charge is -2.48. The predicted molar refractivity (Wildman–Crippen MR) is 206 cm³/mol. The minimum Gasteiger partial charge on any atom is -0.208 e. The molecule has 4 heteroatoms. The van der Waals surface area contributed by atoms with E-state index in [4.69, 9.17) is 15.0 Å². The van der Waals surface area contributed by atoms with Gasteiger partial charge in [-0.1, -0.05) is 131 Å². The Labute approximate surface area is 291 Å². The smallest absolute Gasteiger partial charge is 0.164 e. The summed E-state index contributed by atoms with van der Waals surface area (Å²) in [5.41, 5.74) is 10.4. The van der Waals surface area contributed by atoms with Crippen LogP contribution in [0.3, 0.4) is 0 Å². The molecule has 2 heterocycles. The fourth-order valence-electron chi connectivity index (χ4n) is 7.46. The minimum absolute atomic E-state index is 0.0721. The number of thiophene rings is 1. The highest BCUT2D eigenvalue weighted by Gasteiger charge is 2.46. The van der Waals surface area contributed by atoms with Crippen molar-refractivity contribution in [2.75, 3.05) is 0 Å². The number of benzene rings is 6. The van der Waals surface area contributed by atoms with Crippen molar-refractivity contribution < 1.29 is 0 Å². The number of hydrogen-bond donors (Lipinski definition) is 0. The van der Waals surface area contributed by atoms with Crippen LogP contribution in [-0.4, -0.2) is 15.0 Å². The summed E-state index contributed by atoms with van der Waals surface area (Å²) >= 11 is 1.82. The van der Waals surface area contributed by atoms with E-state index in [1.807, 2.05) is 29.5 Å². The van der Waals surface area contributed by atoms with E-state index in [2.05, 4.69) is 149 Å². The van der Waals surface area contributed by atoms with Crippen LogP contribution in [0.4, 0.5) is 0 Å². The number of aromatic nitrogens is 3. The number of nitrogens with zero attached hydrogens (tertiary/aromatic N) is 3. The molecule has 6 aromatic carbocycles. The Morgan fingerprint density at radius 1 is 0.388 bits per heavy atom. The Balaban J connectivity index is 1.25. The second kappa shape index (κ2) is 11.0. The van der Waals surface area contributed by atoms with E-state index in [1.54, 1.807) is 0 Å². The van der Waals surface area contributed by atoms with E-state index in [9.17, 15) is 0 Å². The molecule has 3 nitrogen and oxygen atoms in total. The van der Waals surface area contributed by atoms with Crippen LogP contribution < -0.4 is 0 Å². The molecule has 0 aliphatic heterocycles. The molecule has 0 bridgehead atoms. The third kappa shape index (κ3) is 4.74. The van der Waals surface area contributed by atoms with Crippen molar-refractivity contribution in [2.45, 2.75) is 38.5 Å². The lowest BCUT2D eigenvalue weighted by molar-refractivity contribution is 0.299. The fraction of sp³-hybridized carbons (Fsp3) is 0.133. The lowest BCUT2D eigenvalue weighted by atomic mass is 9.55. The zero-order chi connectivity index (χ0) is 33.3. The molecule has 0 fully saturated rings. The first-order chi connectivity index (χ1) is 23.8. The summed E-state index contributed by atoms with van der Waals surface area (Å²) in [6.07, 6.45) is 0. The molecule has 49 heavy (non-hydrogen) atoms. The highest BCUT2D eigenvalue weighted by molar-refractivity contribution is 7.25. The molecular formula is C45H35N3S. The van der Waals surface area contributed by atoms with Gasteiger partial charge in [0.25, 0.3) is 0 Å². The monoisotopic (exact) mass is 649 g/mol. The molecule has 0 N–H and O–H groups in total. The molecule has 0 radical (unpaired) electrons. The zero-order valence-corrected chi connectivity index (χ0v) is 28.8. The maximum absolute atomic E-state index is 5.19. The molecule has 0 amide bonds. The van der Waals surface area contributed by atoms with E-state index >= 15 is 0 Å². The Bertz CT molecular complexity index is 2550. The molecule has 0 atom stereocenters. The summed E-state index contributed by atoms with van der Waals surface area (Å²) in [5, 5.41) is 2.49. The molecule has 0 saturated heterocycles. The summed E-state index contributed by atoms with van der Waals surface area (Å²) in [4.78, 5) is 15.4. The topological polar surface area (TPSA) is 38.7 Å². The number of fused-ring (bicyclic) bond motifs is 6. The molecule has 0 saturated carbocycles. The van der Waals surface area contributed by atoms with Crippen molar-refractivity contribution in [3.05, 3.63) is 151 Å². The zero-order valence-electron chi connectivity index (χ0n) is 28.0. The summed E-state index contributed by atoms with van der Waals surface area (Å²) < 4.78 is 2.54. The van der Waals surface area contributed by atoms with Crippen LogP contribution in [0.1, 0.15) is 38.8 Å². The highest BCUT2D eigenvalue weighted by atomic mass is 32.1. The Hall–Kier alpha value is -5.45. The van der Waals surface area contributed by atoms with Crippen molar-refractivity contribution in [3.63, 3.8) is 0 Å². The van der Waals surface area contributed by atoms with Crippen LogP contribution in [0.5, 0.6) is 0 Å². The van der Waals surface area contributed by atoms with E-state index in [1.165, 1.54) is 53.6 Å². The quantitative estimate of drug-likeness (QED) is 0.190. The van der Waals surface area contributed by atoms with E-state index in [0.29, 0.717) is 17.5 Å². The van der Waals surface area contributed by atoms with Gasteiger partial charge in [-0.2, -0.15) is 0 Å². The van der Waals surface area contributed by atoms with Crippen LogP contribution in [0, 0.1) is 0 Å². The third-order valence-electron chi connectivity index (χ3n) is 10.9.